The van der Waals surface area contributed by atoms with Crippen LogP contribution in [0.15, 0.2) is 29.6 Å². The Kier molecular flexibility index (Phi) is 5.24. The maximum Gasteiger partial charge on any atom is 0.273 e. The minimum absolute atomic E-state index is 0.0583. The van der Waals surface area contributed by atoms with Crippen LogP contribution in [0.2, 0.25) is 0 Å². The summed E-state index contributed by atoms with van der Waals surface area (Å²) in [6.45, 7) is 1.92. The number of nitrogens with two attached hydrogens (primary N) is 1. The third-order valence-corrected chi connectivity index (χ3v) is 5.00. The first-order valence-corrected chi connectivity index (χ1v) is 8.85. The molecule has 0 radical (unpaired) electrons. The summed E-state index contributed by atoms with van der Waals surface area (Å²) in [5.41, 5.74) is 6.23. The molecule has 0 bridgehead atoms. The molecule has 1 fully saturated rings. The van der Waals surface area contributed by atoms with Crippen LogP contribution >= 0.6 is 11.3 Å². The maximum atomic E-state index is 12.5. The number of nitro benzene ring substituents is 1. The Morgan fingerprint density at radius 3 is 2.19 bits per heavy atom. The van der Waals surface area contributed by atoms with Crippen LogP contribution in [0.25, 0.3) is 0 Å². The fourth-order valence-corrected chi connectivity index (χ4v) is 3.33. The Balaban J connectivity index is 1.59. The van der Waals surface area contributed by atoms with Crippen molar-refractivity contribution in [3.05, 3.63) is 56.0 Å². The zero-order valence-electron chi connectivity index (χ0n) is 13.8. The Bertz CT molecular complexity index is 827. The molecule has 0 atom stereocenters. The molecule has 10 heteroatoms. The van der Waals surface area contributed by atoms with Crippen molar-refractivity contribution in [3.63, 3.8) is 0 Å². The van der Waals surface area contributed by atoms with Gasteiger partial charge in [-0.3, -0.25) is 19.7 Å². The van der Waals surface area contributed by atoms with Crippen molar-refractivity contribution in [1.29, 1.82) is 0 Å². The molecule has 9 nitrogen and oxygen atoms in total. The largest absolute Gasteiger partial charge is 0.335 e. The molecule has 2 aromatic rings. The number of piperazine rings is 1. The van der Waals surface area contributed by atoms with E-state index in [0.717, 1.165) is 0 Å². The smallest absolute Gasteiger partial charge is 0.273 e. The SMILES string of the molecule is NCc1nc(C(=O)N2CCN(C(=O)c3ccc([N+](=O)[O-])cc3)CC2)cs1. The van der Waals surface area contributed by atoms with E-state index in [1.165, 1.54) is 35.6 Å². The van der Waals surface area contributed by atoms with Crippen LogP contribution in [0.1, 0.15) is 25.9 Å². The molecule has 2 N–H and O–H groups in total. The number of thiazole rings is 1. The van der Waals surface area contributed by atoms with Gasteiger partial charge in [0.25, 0.3) is 17.5 Å². The van der Waals surface area contributed by atoms with E-state index in [1.807, 2.05) is 0 Å². The molecular formula is C16H17N5O4S. The number of benzene rings is 1. The Morgan fingerprint density at radius 2 is 1.69 bits per heavy atom. The van der Waals surface area contributed by atoms with Gasteiger partial charge in [0.2, 0.25) is 0 Å². The number of non-ortho nitro benzene ring substituents is 1. The third-order valence-electron chi connectivity index (χ3n) is 4.12. The van der Waals surface area contributed by atoms with Crippen LogP contribution in [0, 0.1) is 10.1 Å². The van der Waals surface area contributed by atoms with Gasteiger partial charge in [0.15, 0.2) is 0 Å². The Labute approximate surface area is 153 Å². The van der Waals surface area contributed by atoms with Gasteiger partial charge in [-0.2, -0.15) is 0 Å². The molecule has 2 amide bonds. The van der Waals surface area contributed by atoms with E-state index in [-0.39, 0.29) is 17.5 Å². The Morgan fingerprint density at radius 1 is 1.12 bits per heavy atom. The first-order valence-electron chi connectivity index (χ1n) is 7.97. The lowest BCUT2D eigenvalue weighted by molar-refractivity contribution is -0.384. The van der Waals surface area contributed by atoms with Crippen molar-refractivity contribution < 1.29 is 14.5 Å². The summed E-state index contributed by atoms with van der Waals surface area (Å²) in [5, 5.41) is 13.1. The van der Waals surface area contributed by atoms with Crippen molar-refractivity contribution in [2.75, 3.05) is 26.2 Å². The van der Waals surface area contributed by atoms with Crippen molar-refractivity contribution in [2.45, 2.75) is 6.54 Å². The number of carbonyl (C=O) groups is 2. The number of hydrogen-bond donors (Lipinski definition) is 1. The molecule has 0 unspecified atom stereocenters. The predicted molar refractivity (Wildman–Crippen MR) is 94.9 cm³/mol. The summed E-state index contributed by atoms with van der Waals surface area (Å²) in [5.74, 6) is -0.366. The number of hydrogen-bond acceptors (Lipinski definition) is 7. The molecular weight excluding hydrogens is 358 g/mol. The van der Waals surface area contributed by atoms with E-state index in [9.17, 15) is 19.7 Å². The van der Waals surface area contributed by atoms with Gasteiger partial charge in [0.05, 0.1) is 4.92 Å². The van der Waals surface area contributed by atoms with Gasteiger partial charge in [-0.05, 0) is 12.1 Å². The van der Waals surface area contributed by atoms with E-state index in [0.29, 0.717) is 49.0 Å². The fourth-order valence-electron chi connectivity index (χ4n) is 2.69. The zero-order chi connectivity index (χ0) is 18.7. The van der Waals surface area contributed by atoms with Crippen LogP contribution in [0.4, 0.5) is 5.69 Å². The summed E-state index contributed by atoms with van der Waals surface area (Å²) in [6, 6.07) is 5.51. The third kappa shape index (κ3) is 3.70. The Hall–Kier alpha value is -2.85. The lowest BCUT2D eigenvalue weighted by atomic mass is 10.1. The molecule has 2 heterocycles. The summed E-state index contributed by atoms with van der Waals surface area (Å²) < 4.78 is 0. The highest BCUT2D eigenvalue weighted by Gasteiger charge is 2.26. The van der Waals surface area contributed by atoms with Crippen molar-refractivity contribution in [2.24, 2.45) is 5.73 Å². The molecule has 0 spiro atoms. The van der Waals surface area contributed by atoms with Crippen LogP contribution in [0.3, 0.4) is 0 Å². The lowest BCUT2D eigenvalue weighted by Gasteiger charge is -2.34. The summed E-state index contributed by atoms with van der Waals surface area (Å²) >= 11 is 1.35. The molecule has 26 heavy (non-hydrogen) atoms. The van der Waals surface area contributed by atoms with Gasteiger partial charge in [-0.1, -0.05) is 0 Å². The maximum absolute atomic E-state index is 12.5. The molecule has 1 aliphatic rings. The number of rotatable bonds is 4. The number of nitrogens with zero attached hydrogens (tertiary/aromatic N) is 4. The van der Waals surface area contributed by atoms with E-state index in [1.54, 1.807) is 15.2 Å². The molecule has 1 saturated heterocycles. The van der Waals surface area contributed by atoms with Crippen LogP contribution < -0.4 is 5.73 Å². The second kappa shape index (κ2) is 7.58. The van der Waals surface area contributed by atoms with Gasteiger partial charge >= 0.3 is 0 Å². The van der Waals surface area contributed by atoms with Gasteiger partial charge < -0.3 is 15.5 Å². The highest BCUT2D eigenvalue weighted by Crippen LogP contribution is 2.16. The number of carbonyl (C=O) groups excluding carboxylic acids is 2. The van der Waals surface area contributed by atoms with Crippen LogP contribution in [-0.4, -0.2) is 57.7 Å². The molecule has 0 saturated carbocycles. The average Bonchev–Trinajstić information content (AvgIpc) is 3.16. The van der Waals surface area contributed by atoms with E-state index in [2.05, 4.69) is 4.98 Å². The lowest BCUT2D eigenvalue weighted by Crippen LogP contribution is -2.50. The van der Waals surface area contributed by atoms with Crippen LogP contribution in [0.5, 0.6) is 0 Å². The minimum Gasteiger partial charge on any atom is -0.335 e. The van der Waals surface area contributed by atoms with Gasteiger partial charge in [0.1, 0.15) is 10.7 Å². The minimum atomic E-state index is -0.507. The first-order chi connectivity index (χ1) is 12.5. The summed E-state index contributed by atoms with van der Waals surface area (Å²) in [7, 11) is 0. The molecule has 1 aliphatic heterocycles. The fraction of sp³-hybridized carbons (Fsp3) is 0.312. The quantitative estimate of drug-likeness (QED) is 0.631. The van der Waals surface area contributed by atoms with E-state index < -0.39 is 4.92 Å². The van der Waals surface area contributed by atoms with E-state index in [4.69, 9.17) is 5.73 Å². The number of amides is 2. The second-order valence-electron chi connectivity index (χ2n) is 5.72. The summed E-state index contributed by atoms with van der Waals surface area (Å²) in [6.07, 6.45) is 0. The monoisotopic (exact) mass is 375 g/mol. The zero-order valence-corrected chi connectivity index (χ0v) is 14.6. The normalized spacial score (nSPS) is 14.3. The molecule has 1 aromatic carbocycles. The molecule has 136 valence electrons. The van der Waals surface area contributed by atoms with Crippen molar-refractivity contribution >= 4 is 28.8 Å². The predicted octanol–water partition coefficient (Wildman–Crippen LogP) is 1.11. The molecule has 1 aromatic heterocycles. The standard InChI is InChI=1S/C16H17N5O4S/c17-9-14-18-13(10-26-14)16(23)20-7-5-19(6-8-20)15(22)11-1-3-12(4-2-11)21(24)25/h1-4,10H,5-9,17H2. The number of nitro groups is 1. The van der Waals surface area contributed by atoms with Crippen LogP contribution in [-0.2, 0) is 6.54 Å². The van der Waals surface area contributed by atoms with Crippen molar-refractivity contribution in [1.82, 2.24) is 14.8 Å². The highest BCUT2D eigenvalue weighted by molar-refractivity contribution is 7.09. The second-order valence-corrected chi connectivity index (χ2v) is 6.66. The van der Waals surface area contributed by atoms with Gasteiger partial charge in [-0.15, -0.1) is 11.3 Å². The first kappa shape index (κ1) is 18.0. The van der Waals surface area contributed by atoms with Crippen molar-refractivity contribution in [3.8, 4) is 0 Å². The van der Waals surface area contributed by atoms with Gasteiger partial charge in [0, 0.05) is 55.8 Å². The molecule has 3 rings (SSSR count). The average molecular weight is 375 g/mol. The van der Waals surface area contributed by atoms with Gasteiger partial charge in [-0.25, -0.2) is 4.98 Å². The summed E-state index contributed by atoms with van der Waals surface area (Å²) in [4.78, 5) is 42.6. The topological polar surface area (TPSA) is 123 Å². The van der Waals surface area contributed by atoms with E-state index >= 15 is 0 Å². The highest BCUT2D eigenvalue weighted by atomic mass is 32.1. The number of aromatic nitrogens is 1. The molecule has 0 aliphatic carbocycles.